The van der Waals surface area contributed by atoms with Crippen LogP contribution in [0.3, 0.4) is 0 Å². The van der Waals surface area contributed by atoms with Gasteiger partial charge in [-0.3, -0.25) is 0 Å². The van der Waals surface area contributed by atoms with E-state index in [0.717, 1.165) is 22.6 Å². The van der Waals surface area contributed by atoms with Crippen molar-refractivity contribution in [2.45, 2.75) is 11.3 Å². The standard InChI is InChI=1S/C19H18N6O2S/c20-28(26,27)16-8-6-14(7-9-16)10-11-21-18-12-17(15-4-2-1-3-5-15)24-19-22-13-23-25(18)19/h1-9,12-13,21H,10-11H2,(H2,20,26,27). The van der Waals surface area contributed by atoms with Crippen LogP contribution in [0.2, 0.25) is 0 Å². The van der Waals surface area contributed by atoms with Crippen LogP contribution in [-0.2, 0) is 16.4 Å². The van der Waals surface area contributed by atoms with Crippen LogP contribution in [0, 0.1) is 0 Å². The van der Waals surface area contributed by atoms with E-state index in [4.69, 9.17) is 5.14 Å². The van der Waals surface area contributed by atoms with Gasteiger partial charge in [-0.2, -0.15) is 14.6 Å². The zero-order valence-corrected chi connectivity index (χ0v) is 15.7. The van der Waals surface area contributed by atoms with Gasteiger partial charge in [-0.1, -0.05) is 42.5 Å². The fraction of sp³-hybridized carbons (Fsp3) is 0.105. The number of nitrogens with zero attached hydrogens (tertiary/aromatic N) is 4. The van der Waals surface area contributed by atoms with E-state index < -0.39 is 10.0 Å². The van der Waals surface area contributed by atoms with Gasteiger partial charge in [0.1, 0.15) is 12.1 Å². The van der Waals surface area contributed by atoms with Gasteiger partial charge in [-0.25, -0.2) is 18.5 Å². The van der Waals surface area contributed by atoms with Crippen LogP contribution in [0.5, 0.6) is 0 Å². The Balaban J connectivity index is 1.52. The largest absolute Gasteiger partial charge is 0.370 e. The average Bonchev–Trinajstić information content (AvgIpc) is 3.17. The summed E-state index contributed by atoms with van der Waals surface area (Å²) < 4.78 is 24.3. The minimum Gasteiger partial charge on any atom is -0.370 e. The second kappa shape index (κ2) is 7.37. The van der Waals surface area contributed by atoms with Crippen molar-refractivity contribution in [3.8, 4) is 11.3 Å². The summed E-state index contributed by atoms with van der Waals surface area (Å²) in [4.78, 5) is 8.85. The molecule has 2 heterocycles. The third-order valence-corrected chi connectivity index (χ3v) is 5.22. The van der Waals surface area contributed by atoms with E-state index in [-0.39, 0.29) is 4.90 Å². The van der Waals surface area contributed by atoms with E-state index in [9.17, 15) is 8.42 Å². The SMILES string of the molecule is NS(=O)(=O)c1ccc(CCNc2cc(-c3ccccc3)nc3ncnn23)cc1. The highest BCUT2D eigenvalue weighted by Gasteiger charge is 2.10. The quantitative estimate of drug-likeness (QED) is 0.517. The Morgan fingerprint density at radius 3 is 2.50 bits per heavy atom. The number of aromatic nitrogens is 4. The molecule has 0 radical (unpaired) electrons. The van der Waals surface area contributed by atoms with Gasteiger partial charge in [0.15, 0.2) is 0 Å². The Labute approximate surface area is 162 Å². The van der Waals surface area contributed by atoms with E-state index in [1.54, 1.807) is 16.6 Å². The number of nitrogens with two attached hydrogens (primary N) is 1. The molecule has 9 heteroatoms. The van der Waals surface area contributed by atoms with E-state index in [1.165, 1.54) is 18.5 Å². The maximum atomic E-state index is 11.3. The van der Waals surface area contributed by atoms with Crippen molar-refractivity contribution >= 4 is 21.6 Å². The lowest BCUT2D eigenvalue weighted by Crippen LogP contribution is -2.12. The number of anilines is 1. The second-order valence-corrected chi connectivity index (χ2v) is 7.79. The van der Waals surface area contributed by atoms with Crippen LogP contribution in [0.4, 0.5) is 5.82 Å². The minimum absolute atomic E-state index is 0.107. The van der Waals surface area contributed by atoms with Gasteiger partial charge in [0, 0.05) is 18.2 Å². The molecule has 142 valence electrons. The molecule has 0 saturated heterocycles. The topological polar surface area (TPSA) is 115 Å². The molecule has 0 saturated carbocycles. The van der Waals surface area contributed by atoms with Crippen LogP contribution in [-0.4, -0.2) is 34.5 Å². The average molecular weight is 394 g/mol. The molecular weight excluding hydrogens is 376 g/mol. The van der Waals surface area contributed by atoms with Crippen LogP contribution < -0.4 is 10.5 Å². The summed E-state index contributed by atoms with van der Waals surface area (Å²) in [7, 11) is -3.67. The number of benzene rings is 2. The second-order valence-electron chi connectivity index (χ2n) is 6.23. The Kier molecular flexibility index (Phi) is 4.76. The molecule has 0 bridgehead atoms. The first-order valence-electron chi connectivity index (χ1n) is 8.62. The summed E-state index contributed by atoms with van der Waals surface area (Å²) in [6.45, 7) is 0.627. The lowest BCUT2D eigenvalue weighted by molar-refractivity contribution is 0.598. The highest BCUT2D eigenvalue weighted by atomic mass is 32.2. The Bertz CT molecular complexity index is 1200. The van der Waals surface area contributed by atoms with E-state index in [1.807, 2.05) is 36.4 Å². The number of rotatable bonds is 6. The van der Waals surface area contributed by atoms with Gasteiger partial charge in [-0.15, -0.1) is 0 Å². The number of fused-ring (bicyclic) bond motifs is 1. The highest BCUT2D eigenvalue weighted by molar-refractivity contribution is 7.89. The number of hydrogen-bond acceptors (Lipinski definition) is 6. The molecule has 0 aliphatic rings. The summed E-state index contributed by atoms with van der Waals surface area (Å²) in [6.07, 6.45) is 2.17. The van der Waals surface area contributed by atoms with Crippen molar-refractivity contribution in [2.24, 2.45) is 5.14 Å². The first-order valence-corrected chi connectivity index (χ1v) is 10.2. The first kappa shape index (κ1) is 18.1. The number of hydrogen-bond donors (Lipinski definition) is 2. The lowest BCUT2D eigenvalue weighted by atomic mass is 10.1. The third kappa shape index (κ3) is 3.85. The molecule has 0 amide bonds. The van der Waals surface area contributed by atoms with Crippen molar-refractivity contribution < 1.29 is 8.42 Å². The lowest BCUT2D eigenvalue weighted by Gasteiger charge is -2.10. The zero-order valence-electron chi connectivity index (χ0n) is 14.9. The molecule has 2 aromatic carbocycles. The fourth-order valence-corrected chi connectivity index (χ4v) is 3.39. The zero-order chi connectivity index (χ0) is 19.6. The van der Waals surface area contributed by atoms with E-state index >= 15 is 0 Å². The molecule has 4 aromatic rings. The molecule has 0 fully saturated rings. The molecule has 4 rings (SSSR count). The normalized spacial score (nSPS) is 11.6. The summed E-state index contributed by atoms with van der Waals surface area (Å²) in [6, 6.07) is 18.3. The fourth-order valence-electron chi connectivity index (χ4n) is 2.88. The minimum atomic E-state index is -3.67. The summed E-state index contributed by atoms with van der Waals surface area (Å²) >= 11 is 0. The van der Waals surface area contributed by atoms with Crippen molar-refractivity contribution in [3.05, 3.63) is 72.6 Å². The highest BCUT2D eigenvalue weighted by Crippen LogP contribution is 2.21. The van der Waals surface area contributed by atoms with Crippen molar-refractivity contribution in [3.63, 3.8) is 0 Å². The van der Waals surface area contributed by atoms with Crippen molar-refractivity contribution in [1.82, 2.24) is 19.6 Å². The molecule has 28 heavy (non-hydrogen) atoms. The molecular formula is C19H18N6O2S. The van der Waals surface area contributed by atoms with E-state index in [0.29, 0.717) is 18.7 Å². The molecule has 0 aliphatic heterocycles. The van der Waals surface area contributed by atoms with Gasteiger partial charge in [0.05, 0.1) is 10.6 Å². The molecule has 0 atom stereocenters. The van der Waals surface area contributed by atoms with Gasteiger partial charge in [0.2, 0.25) is 10.0 Å². The van der Waals surface area contributed by atoms with Gasteiger partial charge < -0.3 is 5.32 Å². The predicted octanol–water partition coefficient (Wildman–Crippen LogP) is 2.09. The number of sulfonamides is 1. The number of nitrogens with one attached hydrogen (secondary N) is 1. The summed E-state index contributed by atoms with van der Waals surface area (Å²) in [5.74, 6) is 1.30. The van der Waals surface area contributed by atoms with Gasteiger partial charge >= 0.3 is 0 Å². The molecule has 0 unspecified atom stereocenters. The van der Waals surface area contributed by atoms with Crippen molar-refractivity contribution in [1.29, 1.82) is 0 Å². The smallest absolute Gasteiger partial charge is 0.254 e. The first-order chi connectivity index (χ1) is 13.5. The van der Waals surface area contributed by atoms with Crippen LogP contribution >= 0.6 is 0 Å². The Morgan fingerprint density at radius 2 is 1.79 bits per heavy atom. The third-order valence-electron chi connectivity index (χ3n) is 4.29. The maximum absolute atomic E-state index is 11.3. The Hall–Kier alpha value is -3.30. The van der Waals surface area contributed by atoms with Crippen molar-refractivity contribution in [2.75, 3.05) is 11.9 Å². The van der Waals surface area contributed by atoms with E-state index in [2.05, 4.69) is 20.4 Å². The van der Waals surface area contributed by atoms with Gasteiger partial charge in [-0.05, 0) is 24.1 Å². The molecule has 8 nitrogen and oxygen atoms in total. The Morgan fingerprint density at radius 1 is 1.04 bits per heavy atom. The summed E-state index contributed by atoms with van der Waals surface area (Å²) in [5, 5.41) is 12.7. The monoisotopic (exact) mass is 394 g/mol. The molecule has 3 N–H and O–H groups in total. The van der Waals surface area contributed by atoms with Crippen LogP contribution in [0.1, 0.15) is 5.56 Å². The van der Waals surface area contributed by atoms with Crippen LogP contribution in [0.25, 0.3) is 17.0 Å². The van der Waals surface area contributed by atoms with Crippen LogP contribution in [0.15, 0.2) is 71.9 Å². The summed E-state index contributed by atoms with van der Waals surface area (Å²) in [5.41, 5.74) is 2.79. The molecule has 0 aliphatic carbocycles. The molecule has 0 spiro atoms. The molecule has 2 aromatic heterocycles. The maximum Gasteiger partial charge on any atom is 0.254 e. The predicted molar refractivity (Wildman–Crippen MR) is 106 cm³/mol. The number of primary sulfonamides is 1. The van der Waals surface area contributed by atoms with Gasteiger partial charge in [0.25, 0.3) is 5.78 Å².